The Hall–Kier alpha value is -1.30. The third kappa shape index (κ3) is 1.45. The van der Waals surface area contributed by atoms with Crippen LogP contribution in [0.1, 0.15) is 0 Å². The molecule has 1 radical (unpaired) electrons. The number of fused-ring (bicyclic) bond motifs is 2. The van der Waals surface area contributed by atoms with E-state index in [4.69, 9.17) is 0 Å². The van der Waals surface area contributed by atoms with E-state index in [0.717, 1.165) is 0 Å². The molecule has 0 aliphatic carbocycles. The first-order chi connectivity index (χ1) is 7.34. The van der Waals surface area contributed by atoms with Crippen LogP contribution in [-0.4, -0.2) is 16.0 Å². The average molecular weight is 256 g/mol. The molecule has 0 nitrogen and oxygen atoms in total. The Kier molecular flexibility index (Phi) is 2.02. The van der Waals surface area contributed by atoms with Gasteiger partial charge in [0.15, 0.2) is 0 Å². The fourth-order valence-corrected chi connectivity index (χ4v) is 2.47. The van der Waals surface area contributed by atoms with Crippen LogP contribution >= 0.6 is 0 Å². The van der Waals surface area contributed by atoms with Gasteiger partial charge in [-0.3, -0.25) is 0 Å². The van der Waals surface area contributed by atoms with Gasteiger partial charge in [-0.15, -0.1) is 0 Å². The van der Waals surface area contributed by atoms with Crippen molar-refractivity contribution in [2.75, 3.05) is 0 Å². The zero-order valence-electron chi connectivity index (χ0n) is 8.10. The first kappa shape index (κ1) is 8.96. The molecule has 0 N–H and O–H groups in total. The molecule has 3 aromatic rings. The molecule has 0 atom stereocenters. The van der Waals surface area contributed by atoms with E-state index in [-0.39, 0.29) is 0 Å². The van der Waals surface area contributed by atoms with Crippen LogP contribution in [0.5, 0.6) is 0 Å². The summed E-state index contributed by atoms with van der Waals surface area (Å²) in [7, 11) is 0. The molecule has 0 spiro atoms. The van der Waals surface area contributed by atoms with Gasteiger partial charge in [-0.2, -0.15) is 0 Å². The topological polar surface area (TPSA) is 0 Å². The Morgan fingerprint density at radius 3 is 2.13 bits per heavy atom. The molecule has 0 saturated carbocycles. The van der Waals surface area contributed by atoms with Crippen LogP contribution in [0.4, 0.5) is 0 Å². The monoisotopic (exact) mass is 257 g/mol. The summed E-state index contributed by atoms with van der Waals surface area (Å²) in [5.41, 5.74) is 0. The molecule has 0 aliphatic rings. The summed E-state index contributed by atoms with van der Waals surface area (Å²) in [6.07, 6.45) is 0. The van der Waals surface area contributed by atoms with Gasteiger partial charge in [-0.25, -0.2) is 0 Å². The third-order valence-electron chi connectivity index (χ3n) is 2.71. The molecule has 0 aliphatic heterocycles. The molecular weight excluding hydrogens is 247 g/mol. The van der Waals surface area contributed by atoms with Crippen LogP contribution in [0.3, 0.4) is 0 Å². The molecule has 0 fully saturated rings. The zero-order chi connectivity index (χ0) is 10.3. The molecular formula is C14H9Se. The molecule has 0 aromatic heterocycles. The van der Waals surface area contributed by atoms with E-state index in [0.29, 0.717) is 0 Å². The Morgan fingerprint density at radius 2 is 1.33 bits per heavy atom. The summed E-state index contributed by atoms with van der Waals surface area (Å²) in [5, 5.41) is 5.20. The number of hydrogen-bond acceptors (Lipinski definition) is 0. The van der Waals surface area contributed by atoms with Gasteiger partial charge in [-0.05, 0) is 0 Å². The minimum atomic E-state index is 1.22. The van der Waals surface area contributed by atoms with Crippen LogP contribution < -0.4 is 4.46 Å². The molecule has 0 unspecified atom stereocenters. The fourth-order valence-electron chi connectivity index (χ4n) is 1.94. The summed E-state index contributed by atoms with van der Waals surface area (Å²) < 4.78 is 1.22. The second-order valence-corrected chi connectivity index (χ2v) is 4.60. The van der Waals surface area contributed by atoms with Crippen molar-refractivity contribution >= 4 is 42.0 Å². The van der Waals surface area contributed by atoms with Gasteiger partial charge in [0.2, 0.25) is 0 Å². The van der Waals surface area contributed by atoms with Crippen molar-refractivity contribution in [3.05, 3.63) is 54.6 Å². The molecule has 0 saturated heterocycles. The van der Waals surface area contributed by atoms with E-state index >= 15 is 0 Å². The predicted molar refractivity (Wildman–Crippen MR) is 66.8 cm³/mol. The number of benzene rings is 3. The maximum absolute atomic E-state index is 3.11. The van der Waals surface area contributed by atoms with Crippen LogP contribution in [0.2, 0.25) is 0 Å². The number of rotatable bonds is 0. The standard InChI is InChI=1S/C14H9Se/c15-14-7-3-6-12-8-10-4-1-2-5-11(10)9-13(12)14/h1-9H. The van der Waals surface area contributed by atoms with Crippen molar-refractivity contribution < 1.29 is 0 Å². The van der Waals surface area contributed by atoms with Gasteiger partial charge in [0.05, 0.1) is 0 Å². The molecule has 3 rings (SSSR count). The summed E-state index contributed by atoms with van der Waals surface area (Å²) in [5.74, 6) is 0. The fraction of sp³-hybridized carbons (Fsp3) is 0. The van der Waals surface area contributed by atoms with Gasteiger partial charge in [0.1, 0.15) is 0 Å². The third-order valence-corrected chi connectivity index (χ3v) is 3.45. The summed E-state index contributed by atoms with van der Waals surface area (Å²) in [6.45, 7) is 0. The number of hydrogen-bond donors (Lipinski definition) is 0. The second-order valence-electron chi connectivity index (χ2n) is 3.68. The predicted octanol–water partition coefficient (Wildman–Crippen LogP) is 2.79. The summed E-state index contributed by atoms with van der Waals surface area (Å²) in [4.78, 5) is 0. The van der Waals surface area contributed by atoms with Gasteiger partial charge in [0, 0.05) is 0 Å². The van der Waals surface area contributed by atoms with E-state index in [1.54, 1.807) is 0 Å². The molecule has 0 amide bonds. The Bertz CT molecular complexity index is 641. The van der Waals surface area contributed by atoms with E-state index < -0.39 is 0 Å². The Morgan fingerprint density at radius 1 is 0.667 bits per heavy atom. The SMILES string of the molecule is [Se]c1cccc2cc3ccccc3cc12. The van der Waals surface area contributed by atoms with Crippen LogP contribution in [-0.2, 0) is 0 Å². The molecule has 0 bridgehead atoms. The van der Waals surface area contributed by atoms with Gasteiger partial charge < -0.3 is 0 Å². The van der Waals surface area contributed by atoms with Gasteiger partial charge >= 0.3 is 96.6 Å². The molecule has 15 heavy (non-hydrogen) atoms. The van der Waals surface area contributed by atoms with Crippen LogP contribution in [0.15, 0.2) is 54.6 Å². The normalized spacial score (nSPS) is 10.9. The van der Waals surface area contributed by atoms with E-state index in [1.165, 1.54) is 26.0 Å². The van der Waals surface area contributed by atoms with Crippen molar-refractivity contribution in [1.29, 1.82) is 0 Å². The van der Waals surface area contributed by atoms with Crippen molar-refractivity contribution in [1.82, 2.24) is 0 Å². The van der Waals surface area contributed by atoms with E-state index in [2.05, 4.69) is 70.6 Å². The van der Waals surface area contributed by atoms with Gasteiger partial charge in [0.25, 0.3) is 0 Å². The van der Waals surface area contributed by atoms with Gasteiger partial charge in [-0.1, -0.05) is 0 Å². The van der Waals surface area contributed by atoms with Crippen LogP contribution in [0.25, 0.3) is 21.5 Å². The van der Waals surface area contributed by atoms with Crippen LogP contribution in [0, 0.1) is 0 Å². The molecule has 0 heterocycles. The maximum atomic E-state index is 3.11. The Labute approximate surface area is 96.7 Å². The van der Waals surface area contributed by atoms with E-state index in [9.17, 15) is 0 Å². The second kappa shape index (κ2) is 3.37. The minimum absolute atomic E-state index is 1.22. The zero-order valence-corrected chi connectivity index (χ0v) is 9.82. The summed E-state index contributed by atoms with van der Waals surface area (Å²) >= 11 is 3.11. The first-order valence-corrected chi connectivity index (χ1v) is 5.79. The molecule has 71 valence electrons. The van der Waals surface area contributed by atoms with E-state index in [1.807, 2.05) is 0 Å². The average Bonchev–Trinajstić information content (AvgIpc) is 2.27. The molecule has 1 heteroatoms. The van der Waals surface area contributed by atoms with Crippen molar-refractivity contribution in [3.8, 4) is 0 Å². The Balaban J connectivity index is 2.53. The van der Waals surface area contributed by atoms with Crippen molar-refractivity contribution in [2.45, 2.75) is 0 Å². The quantitative estimate of drug-likeness (QED) is 0.428. The molecule has 3 aromatic carbocycles. The first-order valence-electron chi connectivity index (χ1n) is 4.93. The van der Waals surface area contributed by atoms with Crippen molar-refractivity contribution in [2.24, 2.45) is 0 Å². The van der Waals surface area contributed by atoms with Crippen molar-refractivity contribution in [3.63, 3.8) is 0 Å². The summed E-state index contributed by atoms with van der Waals surface area (Å²) in [6, 6.07) is 19.3.